The minimum Gasteiger partial charge on any atom is -0.269 e. The maximum absolute atomic E-state index is 15.3. The number of fused-ring (bicyclic) bond motifs is 7. The largest absolute Gasteiger partial charge is 0.301 e. The zero-order chi connectivity index (χ0) is 21.3. The fourth-order valence-electron chi connectivity index (χ4n) is 5.05. The van der Waals surface area contributed by atoms with Crippen molar-refractivity contribution in [3.8, 4) is 22.5 Å². The first-order valence-electron chi connectivity index (χ1n) is 10.7. The van der Waals surface area contributed by atoms with Gasteiger partial charge in [-0.3, -0.25) is 13.2 Å². The minimum atomic E-state index is -3.21. The first kappa shape index (κ1) is 17.8. The van der Waals surface area contributed by atoms with Gasteiger partial charge in [0.05, 0.1) is 27.7 Å². The molecule has 0 N–H and O–H groups in total. The predicted molar refractivity (Wildman–Crippen MR) is 133 cm³/mol. The molecule has 1 aliphatic heterocycles. The van der Waals surface area contributed by atoms with Crippen molar-refractivity contribution in [1.82, 2.24) is 8.68 Å². The Morgan fingerprint density at radius 1 is 0.500 bits per heavy atom. The lowest BCUT2D eigenvalue weighted by atomic mass is 10.1. The Kier molecular flexibility index (Phi) is 3.54. The number of hydrogen-bond donors (Lipinski definition) is 0. The lowest BCUT2D eigenvalue weighted by Crippen LogP contribution is -2.14. The van der Waals surface area contributed by atoms with Crippen LogP contribution in [0.25, 0.3) is 44.3 Å². The van der Waals surface area contributed by atoms with E-state index in [0.29, 0.717) is 0 Å². The number of rotatable bonds is 2. The summed E-state index contributed by atoms with van der Waals surface area (Å²) in [5, 5.41) is 3.05. The van der Waals surface area contributed by atoms with Gasteiger partial charge in [-0.05, 0) is 47.5 Å². The summed E-state index contributed by atoms with van der Waals surface area (Å²) in [6.45, 7) is 0. The standard InChI is InChI=1S/C28H19N2OP/c31-32(24-14-8-13-21(17-24)20-9-2-1-3-10-20)29-25-15-6-4-11-22(25)18-27(29)28-19-23-12-5-7-16-26(23)30(28)32/h1-19H. The Morgan fingerprint density at radius 3 is 1.66 bits per heavy atom. The highest BCUT2D eigenvalue weighted by Gasteiger charge is 2.42. The SMILES string of the molecule is O=P1(c2cccc(-c3ccccc3)c2)n2c(cc3ccccc32)-c2cc3ccccc3n21. The van der Waals surface area contributed by atoms with Crippen LogP contribution in [0, 0.1) is 0 Å². The zero-order valence-corrected chi connectivity index (χ0v) is 18.1. The number of para-hydroxylation sites is 2. The van der Waals surface area contributed by atoms with Crippen molar-refractivity contribution in [3.05, 3.63) is 115 Å². The highest BCUT2D eigenvalue weighted by molar-refractivity contribution is 7.69. The fraction of sp³-hybridized carbons (Fsp3) is 0. The predicted octanol–water partition coefficient (Wildman–Crippen LogP) is 7.16. The third kappa shape index (κ3) is 2.24. The monoisotopic (exact) mass is 430 g/mol. The zero-order valence-electron chi connectivity index (χ0n) is 17.2. The van der Waals surface area contributed by atoms with Gasteiger partial charge < -0.3 is 0 Å². The molecule has 4 heteroatoms. The number of nitrogens with zero attached hydrogens (tertiary/aromatic N) is 2. The van der Waals surface area contributed by atoms with Gasteiger partial charge in [0.15, 0.2) is 0 Å². The lowest BCUT2D eigenvalue weighted by molar-refractivity contribution is 0.574. The first-order valence-corrected chi connectivity index (χ1v) is 12.4. The van der Waals surface area contributed by atoms with E-state index in [4.69, 9.17) is 0 Å². The molecule has 0 atom stereocenters. The maximum Gasteiger partial charge on any atom is 0.301 e. The summed E-state index contributed by atoms with van der Waals surface area (Å²) >= 11 is 0. The van der Waals surface area contributed by atoms with Crippen LogP contribution < -0.4 is 5.30 Å². The summed E-state index contributed by atoms with van der Waals surface area (Å²) in [6.07, 6.45) is 0. The van der Waals surface area contributed by atoms with E-state index in [1.54, 1.807) is 0 Å². The van der Waals surface area contributed by atoms with Crippen LogP contribution >= 0.6 is 7.44 Å². The minimum absolute atomic E-state index is 0.835. The molecule has 152 valence electrons. The van der Waals surface area contributed by atoms with E-state index >= 15 is 4.57 Å². The smallest absolute Gasteiger partial charge is 0.269 e. The average molecular weight is 430 g/mol. The van der Waals surface area contributed by atoms with Crippen molar-refractivity contribution in [2.75, 3.05) is 0 Å². The van der Waals surface area contributed by atoms with E-state index < -0.39 is 7.44 Å². The van der Waals surface area contributed by atoms with Crippen molar-refractivity contribution in [2.24, 2.45) is 0 Å². The third-order valence-corrected chi connectivity index (χ3v) is 9.36. The summed E-state index contributed by atoms with van der Waals surface area (Å²) < 4.78 is 19.5. The highest BCUT2D eigenvalue weighted by atomic mass is 31.2. The van der Waals surface area contributed by atoms with Crippen LogP contribution in [0.2, 0.25) is 0 Å². The van der Waals surface area contributed by atoms with Crippen molar-refractivity contribution in [3.63, 3.8) is 0 Å². The van der Waals surface area contributed by atoms with Crippen LogP contribution in [0.4, 0.5) is 0 Å². The summed E-state index contributed by atoms with van der Waals surface area (Å²) in [5.41, 5.74) is 6.22. The van der Waals surface area contributed by atoms with Crippen LogP contribution in [0.5, 0.6) is 0 Å². The quantitative estimate of drug-likeness (QED) is 0.267. The Hall–Kier alpha value is -3.81. The third-order valence-electron chi connectivity index (χ3n) is 6.46. The normalized spacial score (nSPS) is 14.0. The lowest BCUT2D eigenvalue weighted by Gasteiger charge is -2.21. The molecule has 7 rings (SSSR count). The van der Waals surface area contributed by atoms with Gasteiger partial charge >= 0.3 is 7.44 Å². The highest BCUT2D eigenvalue weighted by Crippen LogP contribution is 2.62. The second-order valence-corrected chi connectivity index (χ2v) is 10.7. The van der Waals surface area contributed by atoms with Crippen molar-refractivity contribution >= 4 is 34.6 Å². The molecule has 1 aliphatic rings. The second kappa shape index (κ2) is 6.35. The molecule has 0 radical (unpaired) electrons. The summed E-state index contributed by atoms with van der Waals surface area (Å²) in [5.74, 6) is 0. The molecule has 32 heavy (non-hydrogen) atoms. The molecule has 0 bridgehead atoms. The number of benzene rings is 4. The van der Waals surface area contributed by atoms with Gasteiger partial charge in [0.2, 0.25) is 0 Å². The average Bonchev–Trinajstić information content (AvgIpc) is 3.49. The molecule has 0 saturated heterocycles. The van der Waals surface area contributed by atoms with Crippen molar-refractivity contribution in [2.45, 2.75) is 0 Å². The Balaban J connectivity index is 1.60. The van der Waals surface area contributed by atoms with E-state index in [1.807, 2.05) is 54.6 Å². The summed E-state index contributed by atoms with van der Waals surface area (Å²) in [7, 11) is -3.21. The van der Waals surface area contributed by atoms with Gasteiger partial charge in [-0.25, -0.2) is 0 Å². The van der Waals surface area contributed by atoms with E-state index in [0.717, 1.165) is 49.6 Å². The maximum atomic E-state index is 15.3. The summed E-state index contributed by atoms with van der Waals surface area (Å²) in [6, 6.07) is 39.3. The Morgan fingerprint density at radius 2 is 1.03 bits per heavy atom. The molecule has 2 aromatic heterocycles. The van der Waals surface area contributed by atoms with Gasteiger partial charge in [-0.2, -0.15) is 0 Å². The van der Waals surface area contributed by atoms with Crippen LogP contribution in [-0.4, -0.2) is 8.68 Å². The molecule has 0 fully saturated rings. The molecule has 0 saturated carbocycles. The summed E-state index contributed by atoms with van der Waals surface area (Å²) in [4.78, 5) is 0. The molecular formula is C28H19N2OP. The number of aromatic nitrogens is 2. The van der Waals surface area contributed by atoms with E-state index in [9.17, 15) is 0 Å². The van der Waals surface area contributed by atoms with Crippen LogP contribution in [0.1, 0.15) is 0 Å². The van der Waals surface area contributed by atoms with Gasteiger partial charge in [0.25, 0.3) is 0 Å². The molecule has 3 heterocycles. The molecule has 0 aliphatic carbocycles. The molecule has 0 spiro atoms. The molecule has 6 aromatic rings. The van der Waals surface area contributed by atoms with E-state index in [2.05, 4.69) is 69.3 Å². The van der Waals surface area contributed by atoms with E-state index in [-0.39, 0.29) is 0 Å². The van der Waals surface area contributed by atoms with Gasteiger partial charge in [-0.1, -0.05) is 78.9 Å². The molecular weight excluding hydrogens is 411 g/mol. The van der Waals surface area contributed by atoms with Gasteiger partial charge in [0.1, 0.15) is 0 Å². The van der Waals surface area contributed by atoms with Gasteiger partial charge in [-0.15, -0.1) is 0 Å². The molecule has 3 nitrogen and oxygen atoms in total. The van der Waals surface area contributed by atoms with E-state index in [1.165, 1.54) is 0 Å². The fourth-order valence-corrected chi connectivity index (χ4v) is 8.13. The van der Waals surface area contributed by atoms with Gasteiger partial charge in [0, 0.05) is 10.8 Å². The second-order valence-electron chi connectivity index (χ2n) is 8.26. The molecule has 0 amide bonds. The topological polar surface area (TPSA) is 26.9 Å². The van der Waals surface area contributed by atoms with Crippen LogP contribution in [0.3, 0.4) is 0 Å². The van der Waals surface area contributed by atoms with Crippen LogP contribution in [0.15, 0.2) is 115 Å². The molecule has 4 aromatic carbocycles. The van der Waals surface area contributed by atoms with Crippen molar-refractivity contribution < 1.29 is 4.57 Å². The molecule has 0 unspecified atom stereocenters. The Bertz CT molecular complexity index is 1620. The number of hydrogen-bond acceptors (Lipinski definition) is 1. The van der Waals surface area contributed by atoms with Crippen LogP contribution in [-0.2, 0) is 4.57 Å². The first-order chi connectivity index (χ1) is 15.7. The Labute approximate surface area is 185 Å². The van der Waals surface area contributed by atoms with Crippen molar-refractivity contribution in [1.29, 1.82) is 0 Å².